The lowest BCUT2D eigenvalue weighted by atomic mass is 10.1. The summed E-state index contributed by atoms with van der Waals surface area (Å²) in [6, 6.07) is 8.71. The van der Waals surface area contributed by atoms with E-state index in [1.54, 1.807) is 30.3 Å². The molecular formula is C23H34O2SSi. The lowest BCUT2D eigenvalue weighted by Crippen LogP contribution is -2.19. The van der Waals surface area contributed by atoms with Gasteiger partial charge >= 0.3 is 0 Å². The van der Waals surface area contributed by atoms with E-state index in [0.717, 1.165) is 18.4 Å². The van der Waals surface area contributed by atoms with Gasteiger partial charge in [-0.05, 0) is 50.0 Å². The summed E-state index contributed by atoms with van der Waals surface area (Å²) in [5, 5.41) is -0.586. The van der Waals surface area contributed by atoms with Gasteiger partial charge in [-0.3, -0.25) is 0 Å². The Labute approximate surface area is 167 Å². The van der Waals surface area contributed by atoms with Crippen LogP contribution in [0.4, 0.5) is 0 Å². The van der Waals surface area contributed by atoms with Crippen LogP contribution < -0.4 is 0 Å². The van der Waals surface area contributed by atoms with Gasteiger partial charge in [0.25, 0.3) is 0 Å². The molecule has 4 heteroatoms. The van der Waals surface area contributed by atoms with Crippen LogP contribution in [0.3, 0.4) is 0 Å². The fourth-order valence-corrected chi connectivity index (χ4v) is 4.82. The molecule has 148 valence electrons. The van der Waals surface area contributed by atoms with Gasteiger partial charge in [-0.2, -0.15) is 0 Å². The molecule has 0 spiro atoms. The second-order valence-electron chi connectivity index (χ2n) is 8.04. The first-order valence-electron chi connectivity index (χ1n) is 9.88. The van der Waals surface area contributed by atoms with Crippen molar-refractivity contribution in [2.24, 2.45) is 0 Å². The first kappa shape index (κ1) is 23.5. The highest BCUT2D eigenvalue weighted by molar-refractivity contribution is 7.92. The second kappa shape index (κ2) is 11.3. The Balaban J connectivity index is 3.05. The molecule has 0 amide bonds. The smallest absolute Gasteiger partial charge is 0.185 e. The molecular weight excluding hydrogens is 368 g/mol. The van der Waals surface area contributed by atoms with E-state index in [-0.39, 0.29) is 0 Å². The Bertz CT molecular complexity index is 799. The van der Waals surface area contributed by atoms with Gasteiger partial charge in [-0.1, -0.05) is 57.6 Å². The van der Waals surface area contributed by atoms with Crippen molar-refractivity contribution >= 4 is 17.9 Å². The number of unbranched alkanes of at least 4 members (excludes halogenated alkanes) is 2. The summed E-state index contributed by atoms with van der Waals surface area (Å²) in [6.07, 6.45) is 7.31. The van der Waals surface area contributed by atoms with E-state index < -0.39 is 23.2 Å². The molecule has 1 aromatic carbocycles. The van der Waals surface area contributed by atoms with Gasteiger partial charge in [0.1, 0.15) is 8.07 Å². The van der Waals surface area contributed by atoms with Crippen molar-refractivity contribution in [3.63, 3.8) is 0 Å². The molecule has 0 aliphatic carbocycles. The van der Waals surface area contributed by atoms with Gasteiger partial charge < -0.3 is 0 Å². The molecule has 27 heavy (non-hydrogen) atoms. The first-order chi connectivity index (χ1) is 12.7. The standard InChI is InChI=1S/C23H34O2SSi/c1-6-7-9-14-21(2)18-19-23(17-12-13-20-27(3,4)5)26(24,25)22-15-10-8-11-16-22/h8,10-11,15-16,19,23H,6-7,9,12,14,17H2,1-5H3. The highest BCUT2D eigenvalue weighted by atomic mass is 32.2. The third-order valence-corrected chi connectivity index (χ3v) is 7.18. The second-order valence-corrected chi connectivity index (χ2v) is 15.0. The summed E-state index contributed by atoms with van der Waals surface area (Å²) in [4.78, 5) is 0.370. The zero-order valence-corrected chi connectivity index (χ0v) is 19.3. The number of benzene rings is 1. The van der Waals surface area contributed by atoms with E-state index in [9.17, 15) is 8.42 Å². The normalized spacial score (nSPS) is 12.5. The number of sulfone groups is 1. The Morgan fingerprint density at radius 1 is 1.15 bits per heavy atom. The maximum Gasteiger partial charge on any atom is 0.185 e. The van der Waals surface area contributed by atoms with Crippen LogP contribution in [0.15, 0.2) is 52.6 Å². The average molecular weight is 403 g/mol. The summed E-state index contributed by atoms with van der Waals surface area (Å²) in [5.74, 6) is 3.20. The zero-order chi connectivity index (χ0) is 20.3. The number of rotatable bonds is 9. The SMILES string of the molecule is CCCCCC(C)=C=CC(CCC#C[Si](C)(C)C)S(=O)(=O)c1ccccc1. The topological polar surface area (TPSA) is 34.1 Å². The van der Waals surface area contributed by atoms with Crippen LogP contribution in [-0.4, -0.2) is 21.7 Å². The van der Waals surface area contributed by atoms with Crippen LogP contribution in [0.25, 0.3) is 0 Å². The van der Waals surface area contributed by atoms with Gasteiger partial charge in [-0.25, -0.2) is 8.42 Å². The van der Waals surface area contributed by atoms with Crippen LogP contribution in [0.2, 0.25) is 19.6 Å². The van der Waals surface area contributed by atoms with Crippen LogP contribution >= 0.6 is 0 Å². The fourth-order valence-electron chi connectivity index (χ4n) is 2.60. The van der Waals surface area contributed by atoms with Crippen LogP contribution in [0.5, 0.6) is 0 Å². The molecule has 0 heterocycles. The molecule has 1 aromatic rings. The van der Waals surface area contributed by atoms with Gasteiger partial charge in [0, 0.05) is 6.42 Å². The van der Waals surface area contributed by atoms with Gasteiger partial charge in [0.05, 0.1) is 10.1 Å². The Morgan fingerprint density at radius 3 is 2.41 bits per heavy atom. The van der Waals surface area contributed by atoms with Gasteiger partial charge in [0.15, 0.2) is 9.84 Å². The van der Waals surface area contributed by atoms with Crippen molar-refractivity contribution in [2.75, 3.05) is 0 Å². The fraction of sp³-hybridized carbons (Fsp3) is 0.522. The summed E-state index contributed by atoms with van der Waals surface area (Å²) >= 11 is 0. The molecule has 2 nitrogen and oxygen atoms in total. The molecule has 0 N–H and O–H groups in total. The highest BCUT2D eigenvalue weighted by Gasteiger charge is 2.24. The quantitative estimate of drug-likeness (QED) is 0.214. The van der Waals surface area contributed by atoms with Crippen LogP contribution in [-0.2, 0) is 9.84 Å². The van der Waals surface area contributed by atoms with Crippen molar-refractivity contribution < 1.29 is 8.42 Å². The Morgan fingerprint density at radius 2 is 1.81 bits per heavy atom. The van der Waals surface area contributed by atoms with Crippen LogP contribution in [0, 0.1) is 11.5 Å². The first-order valence-corrected chi connectivity index (χ1v) is 14.9. The molecule has 1 unspecified atom stereocenters. The van der Waals surface area contributed by atoms with E-state index >= 15 is 0 Å². The molecule has 0 aliphatic rings. The molecule has 0 aliphatic heterocycles. The van der Waals surface area contributed by atoms with Gasteiger partial charge in [0.2, 0.25) is 0 Å². The molecule has 1 rings (SSSR count). The molecule has 0 saturated carbocycles. The Hall–Kier alpha value is -1.53. The van der Waals surface area contributed by atoms with Crippen molar-refractivity contribution in [1.29, 1.82) is 0 Å². The minimum Gasteiger partial charge on any atom is -0.223 e. The van der Waals surface area contributed by atoms with Crippen molar-refractivity contribution in [3.8, 4) is 11.5 Å². The molecule has 1 atom stereocenters. The predicted octanol–water partition coefficient (Wildman–Crippen LogP) is 6.17. The molecule has 0 aromatic heterocycles. The lowest BCUT2D eigenvalue weighted by Gasteiger charge is -2.12. The molecule has 0 fully saturated rings. The van der Waals surface area contributed by atoms with Crippen molar-refractivity contribution in [2.45, 2.75) is 82.2 Å². The van der Waals surface area contributed by atoms with E-state index in [4.69, 9.17) is 0 Å². The largest absolute Gasteiger partial charge is 0.223 e. The molecule has 0 bridgehead atoms. The minimum atomic E-state index is -3.43. The van der Waals surface area contributed by atoms with Crippen molar-refractivity contribution in [1.82, 2.24) is 0 Å². The monoisotopic (exact) mass is 402 g/mol. The maximum absolute atomic E-state index is 13.1. The molecule has 0 saturated heterocycles. The molecule has 0 radical (unpaired) electrons. The third kappa shape index (κ3) is 9.29. The lowest BCUT2D eigenvalue weighted by molar-refractivity contribution is 0.584. The average Bonchev–Trinajstić information content (AvgIpc) is 2.61. The number of hydrogen-bond acceptors (Lipinski definition) is 2. The predicted molar refractivity (Wildman–Crippen MR) is 119 cm³/mol. The van der Waals surface area contributed by atoms with E-state index in [1.165, 1.54) is 12.8 Å². The van der Waals surface area contributed by atoms with Crippen molar-refractivity contribution in [3.05, 3.63) is 47.7 Å². The highest BCUT2D eigenvalue weighted by Crippen LogP contribution is 2.20. The number of hydrogen-bond donors (Lipinski definition) is 0. The minimum absolute atomic E-state index is 0.370. The summed E-state index contributed by atoms with van der Waals surface area (Å²) < 4.78 is 26.2. The van der Waals surface area contributed by atoms with E-state index in [2.05, 4.69) is 43.8 Å². The summed E-state index contributed by atoms with van der Waals surface area (Å²) in [6.45, 7) is 10.8. The summed E-state index contributed by atoms with van der Waals surface area (Å²) in [7, 11) is -4.86. The van der Waals surface area contributed by atoms with Gasteiger partial charge in [-0.15, -0.1) is 17.2 Å². The van der Waals surface area contributed by atoms with E-state index in [0.29, 0.717) is 17.7 Å². The maximum atomic E-state index is 13.1. The Kier molecular flexibility index (Phi) is 9.87. The zero-order valence-electron chi connectivity index (χ0n) is 17.5. The summed E-state index contributed by atoms with van der Waals surface area (Å²) in [5.41, 5.74) is 7.69. The van der Waals surface area contributed by atoms with Crippen LogP contribution in [0.1, 0.15) is 52.4 Å². The van der Waals surface area contributed by atoms with E-state index in [1.807, 2.05) is 13.0 Å². The third-order valence-electron chi connectivity index (χ3n) is 4.16.